The van der Waals surface area contributed by atoms with Gasteiger partial charge in [-0.15, -0.1) is 28.3 Å². The molecule has 0 bridgehead atoms. The highest BCUT2D eigenvalue weighted by Crippen LogP contribution is 2.08. The molecule has 0 aliphatic carbocycles. The molecule has 0 saturated carbocycles. The van der Waals surface area contributed by atoms with Crippen LogP contribution in [-0.2, 0) is 11.3 Å². The molecule has 1 heterocycles. The van der Waals surface area contributed by atoms with Crippen LogP contribution in [0.3, 0.4) is 0 Å². The number of methoxy groups -OCH3 is 1. The van der Waals surface area contributed by atoms with Crippen LogP contribution in [0, 0.1) is 6.92 Å². The third kappa shape index (κ3) is 6.04. The summed E-state index contributed by atoms with van der Waals surface area (Å²) in [6, 6.07) is 0. The van der Waals surface area contributed by atoms with Crippen LogP contribution in [0.25, 0.3) is 0 Å². The number of nitrogens with two attached hydrogens (primary N) is 1. The van der Waals surface area contributed by atoms with E-state index in [1.165, 1.54) is 0 Å². The van der Waals surface area contributed by atoms with Gasteiger partial charge in [0.15, 0.2) is 5.96 Å². The number of aliphatic imine (C=N–C) groups is 1. The number of aryl methyl sites for hydroxylation is 1. The summed E-state index contributed by atoms with van der Waals surface area (Å²) in [4.78, 5) is 8.43. The van der Waals surface area contributed by atoms with E-state index in [1.54, 1.807) is 18.4 Å². The zero-order chi connectivity index (χ0) is 11.1. The standard InChI is InChI=1S/C9H16N4OS.BrH/c1-7-13-8(6-15-7)5-12-9(10)11-3-4-14-2;/h6H,3-5H2,1-2H3,(H3,10,11,12);1H. The van der Waals surface area contributed by atoms with Gasteiger partial charge in [0, 0.05) is 19.0 Å². The van der Waals surface area contributed by atoms with Crippen LogP contribution in [0.15, 0.2) is 10.4 Å². The zero-order valence-electron chi connectivity index (χ0n) is 9.40. The lowest BCUT2D eigenvalue weighted by Crippen LogP contribution is -2.34. The largest absolute Gasteiger partial charge is 0.383 e. The summed E-state index contributed by atoms with van der Waals surface area (Å²) in [5.74, 6) is 0.428. The minimum atomic E-state index is 0. The molecular formula is C9H17BrN4OS. The van der Waals surface area contributed by atoms with E-state index in [0.717, 1.165) is 10.7 Å². The number of thiazole rings is 1. The van der Waals surface area contributed by atoms with E-state index in [2.05, 4.69) is 15.3 Å². The smallest absolute Gasteiger partial charge is 0.189 e. The molecule has 0 fully saturated rings. The van der Waals surface area contributed by atoms with Crippen LogP contribution in [0.2, 0.25) is 0 Å². The van der Waals surface area contributed by atoms with Crippen molar-refractivity contribution in [1.29, 1.82) is 0 Å². The fraction of sp³-hybridized carbons (Fsp3) is 0.556. The Hall–Kier alpha value is -0.660. The van der Waals surface area contributed by atoms with Crippen molar-refractivity contribution in [2.24, 2.45) is 10.7 Å². The summed E-state index contributed by atoms with van der Waals surface area (Å²) < 4.78 is 4.87. The number of rotatable bonds is 5. The first-order valence-electron chi connectivity index (χ1n) is 4.66. The number of aromatic nitrogens is 1. The predicted octanol–water partition coefficient (Wildman–Crippen LogP) is 1.08. The minimum Gasteiger partial charge on any atom is -0.383 e. The predicted molar refractivity (Wildman–Crippen MR) is 72.4 cm³/mol. The Bertz CT molecular complexity index is 329. The first-order chi connectivity index (χ1) is 7.22. The Balaban J connectivity index is 0.00000225. The summed E-state index contributed by atoms with van der Waals surface area (Å²) in [5.41, 5.74) is 6.58. The number of hydrogen-bond acceptors (Lipinski definition) is 4. The lowest BCUT2D eigenvalue weighted by molar-refractivity contribution is 0.204. The molecule has 0 atom stereocenters. The Morgan fingerprint density at radius 2 is 2.44 bits per heavy atom. The summed E-state index contributed by atoms with van der Waals surface area (Å²) >= 11 is 1.62. The van der Waals surface area contributed by atoms with Crippen LogP contribution in [-0.4, -0.2) is 31.2 Å². The molecule has 0 aliphatic heterocycles. The molecule has 0 aliphatic rings. The second kappa shape index (κ2) is 8.49. The number of nitrogens with zero attached hydrogens (tertiary/aromatic N) is 2. The van der Waals surface area contributed by atoms with Gasteiger partial charge >= 0.3 is 0 Å². The first kappa shape index (κ1) is 15.3. The fourth-order valence-electron chi connectivity index (χ4n) is 0.984. The third-order valence-electron chi connectivity index (χ3n) is 1.69. The monoisotopic (exact) mass is 308 g/mol. The van der Waals surface area contributed by atoms with Gasteiger partial charge in [0.1, 0.15) is 0 Å². The van der Waals surface area contributed by atoms with Gasteiger partial charge in [-0.05, 0) is 6.92 Å². The molecular weight excluding hydrogens is 292 g/mol. The van der Waals surface area contributed by atoms with Gasteiger partial charge in [-0.2, -0.15) is 0 Å². The van der Waals surface area contributed by atoms with Crippen molar-refractivity contribution in [1.82, 2.24) is 10.3 Å². The number of ether oxygens (including phenoxy) is 1. The quantitative estimate of drug-likeness (QED) is 0.485. The van der Waals surface area contributed by atoms with Gasteiger partial charge < -0.3 is 15.8 Å². The lowest BCUT2D eigenvalue weighted by atomic mass is 10.5. The topological polar surface area (TPSA) is 72.5 Å². The van der Waals surface area contributed by atoms with E-state index in [0.29, 0.717) is 25.7 Å². The molecule has 0 saturated heterocycles. The van der Waals surface area contributed by atoms with Crippen molar-refractivity contribution in [2.45, 2.75) is 13.5 Å². The average molecular weight is 309 g/mol. The first-order valence-corrected chi connectivity index (χ1v) is 5.54. The second-order valence-corrected chi connectivity index (χ2v) is 4.04. The number of halogens is 1. The van der Waals surface area contributed by atoms with Gasteiger partial charge in [-0.3, -0.25) is 0 Å². The van der Waals surface area contributed by atoms with Gasteiger partial charge in [-0.25, -0.2) is 9.98 Å². The third-order valence-corrected chi connectivity index (χ3v) is 2.51. The van der Waals surface area contributed by atoms with Crippen LogP contribution < -0.4 is 11.1 Å². The Kier molecular flexibility index (Phi) is 8.14. The van der Waals surface area contributed by atoms with Gasteiger partial charge in [0.2, 0.25) is 0 Å². The lowest BCUT2D eigenvalue weighted by Gasteiger charge is -2.03. The SMILES string of the molecule is Br.COCCNC(N)=NCc1csc(C)n1. The Morgan fingerprint density at radius 1 is 1.69 bits per heavy atom. The maximum atomic E-state index is 5.63. The molecule has 0 unspecified atom stereocenters. The van der Waals surface area contributed by atoms with E-state index >= 15 is 0 Å². The summed E-state index contributed by atoms with van der Waals surface area (Å²) in [7, 11) is 1.65. The molecule has 1 aromatic heterocycles. The number of nitrogens with one attached hydrogen (secondary N) is 1. The van der Waals surface area contributed by atoms with Crippen molar-refractivity contribution >= 4 is 34.3 Å². The van der Waals surface area contributed by atoms with E-state index in [1.807, 2.05) is 12.3 Å². The van der Waals surface area contributed by atoms with Crippen molar-refractivity contribution in [3.8, 4) is 0 Å². The van der Waals surface area contributed by atoms with Crippen molar-refractivity contribution in [3.63, 3.8) is 0 Å². The molecule has 7 heteroatoms. The Morgan fingerprint density at radius 3 is 3.00 bits per heavy atom. The molecule has 1 rings (SSSR count). The van der Waals surface area contributed by atoms with E-state index < -0.39 is 0 Å². The number of guanidine groups is 1. The van der Waals surface area contributed by atoms with Gasteiger partial charge in [0.05, 0.1) is 23.9 Å². The zero-order valence-corrected chi connectivity index (χ0v) is 11.9. The van der Waals surface area contributed by atoms with Crippen LogP contribution in [0.1, 0.15) is 10.7 Å². The maximum absolute atomic E-state index is 5.63. The van der Waals surface area contributed by atoms with Gasteiger partial charge in [-0.1, -0.05) is 0 Å². The van der Waals surface area contributed by atoms with E-state index in [-0.39, 0.29) is 17.0 Å². The molecule has 5 nitrogen and oxygen atoms in total. The molecule has 92 valence electrons. The number of hydrogen-bond donors (Lipinski definition) is 2. The van der Waals surface area contributed by atoms with Crippen molar-refractivity contribution in [2.75, 3.05) is 20.3 Å². The van der Waals surface area contributed by atoms with Crippen molar-refractivity contribution in [3.05, 3.63) is 16.1 Å². The molecule has 0 spiro atoms. The van der Waals surface area contributed by atoms with Crippen LogP contribution in [0.4, 0.5) is 0 Å². The van der Waals surface area contributed by atoms with Crippen LogP contribution >= 0.6 is 28.3 Å². The van der Waals surface area contributed by atoms with Crippen LogP contribution in [0.5, 0.6) is 0 Å². The molecule has 16 heavy (non-hydrogen) atoms. The van der Waals surface area contributed by atoms with E-state index in [4.69, 9.17) is 10.5 Å². The molecule has 0 aromatic carbocycles. The second-order valence-electron chi connectivity index (χ2n) is 2.98. The molecule has 3 N–H and O–H groups in total. The molecule has 1 aromatic rings. The highest BCUT2D eigenvalue weighted by molar-refractivity contribution is 8.93. The highest BCUT2D eigenvalue weighted by atomic mass is 79.9. The summed E-state index contributed by atoms with van der Waals surface area (Å²) in [6.07, 6.45) is 0. The highest BCUT2D eigenvalue weighted by Gasteiger charge is 1.97. The average Bonchev–Trinajstić information content (AvgIpc) is 2.62. The fourth-order valence-corrected chi connectivity index (χ4v) is 1.59. The normalized spacial score (nSPS) is 11.0. The van der Waals surface area contributed by atoms with E-state index in [9.17, 15) is 0 Å². The maximum Gasteiger partial charge on any atom is 0.189 e. The summed E-state index contributed by atoms with van der Waals surface area (Å²) in [6.45, 7) is 3.78. The Labute approximate surface area is 110 Å². The molecule has 0 radical (unpaired) electrons. The van der Waals surface area contributed by atoms with Crippen molar-refractivity contribution < 1.29 is 4.74 Å². The molecule has 0 amide bonds. The summed E-state index contributed by atoms with van der Waals surface area (Å²) in [5, 5.41) is 5.97. The minimum absolute atomic E-state index is 0. The van der Waals surface area contributed by atoms with Gasteiger partial charge in [0.25, 0.3) is 0 Å².